The smallest absolute Gasteiger partial charge is 0.131 e. The number of hydrogen-bond acceptors (Lipinski definition) is 2. The molecule has 156 valence electrons. The highest BCUT2D eigenvalue weighted by atomic mass is 16.5. The molecular weight excluding hydrogens is 392 g/mol. The van der Waals surface area contributed by atoms with E-state index in [9.17, 15) is 0 Å². The van der Waals surface area contributed by atoms with E-state index in [1.165, 1.54) is 16.7 Å². The molecule has 0 heterocycles. The van der Waals surface area contributed by atoms with Crippen LogP contribution in [-0.2, 0) is 6.42 Å². The first-order valence-corrected chi connectivity index (χ1v) is 10.9. The largest absolute Gasteiger partial charge is 0.492 e. The van der Waals surface area contributed by atoms with Gasteiger partial charge >= 0.3 is 0 Å². The Morgan fingerprint density at radius 3 is 1.97 bits per heavy atom. The molecule has 0 N–H and O–H groups in total. The van der Waals surface area contributed by atoms with Crippen LogP contribution < -0.4 is 9.47 Å². The molecule has 2 nitrogen and oxygen atoms in total. The minimum atomic E-state index is 0.605. The predicted molar refractivity (Wildman–Crippen MR) is 132 cm³/mol. The molecule has 32 heavy (non-hydrogen) atoms. The van der Waals surface area contributed by atoms with Gasteiger partial charge in [0.1, 0.15) is 17.2 Å². The lowest BCUT2D eigenvalue weighted by Crippen LogP contribution is -2.02. The summed E-state index contributed by atoms with van der Waals surface area (Å²) < 4.78 is 12.4. The number of para-hydroxylation sites is 1. The van der Waals surface area contributed by atoms with Crippen molar-refractivity contribution in [1.29, 1.82) is 0 Å². The Kier molecular flexibility index (Phi) is 5.85. The van der Waals surface area contributed by atoms with E-state index in [-0.39, 0.29) is 0 Å². The molecule has 0 radical (unpaired) electrons. The van der Waals surface area contributed by atoms with Crippen molar-refractivity contribution < 1.29 is 9.47 Å². The number of hydrogen-bond donors (Lipinski definition) is 0. The van der Waals surface area contributed by atoms with Crippen LogP contribution in [0.25, 0.3) is 21.9 Å². The van der Waals surface area contributed by atoms with E-state index in [4.69, 9.17) is 9.47 Å². The molecule has 0 atom stereocenters. The number of fused-ring (bicyclic) bond motifs is 1. The summed E-state index contributed by atoms with van der Waals surface area (Å²) in [4.78, 5) is 0. The number of ether oxygens (including phenoxy) is 2. The Labute approximate surface area is 188 Å². The van der Waals surface area contributed by atoms with Crippen molar-refractivity contribution in [1.82, 2.24) is 0 Å². The standard InChI is InChI=1S/C30H24O2/c1-4-10-23(11-5-1)18-19-31-30-22-28(32-27-14-8-3-9-15-27)21-26-20-25(16-17-29(26)30)24-12-6-2-7-13-24/h1-17,20-22H,18-19H2. The zero-order valence-electron chi connectivity index (χ0n) is 17.8. The zero-order chi connectivity index (χ0) is 21.6. The Morgan fingerprint density at radius 2 is 1.22 bits per heavy atom. The zero-order valence-corrected chi connectivity index (χ0v) is 17.8. The SMILES string of the molecule is c1ccc(CCOc2cc(Oc3ccccc3)cc3cc(-c4ccccc4)ccc23)cc1. The van der Waals surface area contributed by atoms with Gasteiger partial charge in [0, 0.05) is 17.9 Å². The minimum absolute atomic E-state index is 0.605. The maximum Gasteiger partial charge on any atom is 0.131 e. The molecule has 0 aliphatic rings. The normalized spacial score (nSPS) is 10.8. The Bertz CT molecular complexity index is 1300. The highest BCUT2D eigenvalue weighted by Crippen LogP contribution is 2.36. The van der Waals surface area contributed by atoms with Gasteiger partial charge in [0.05, 0.1) is 6.61 Å². The van der Waals surface area contributed by atoms with E-state index in [0.717, 1.165) is 34.4 Å². The van der Waals surface area contributed by atoms with Crippen LogP contribution in [0.5, 0.6) is 17.2 Å². The molecule has 5 rings (SSSR count). The fourth-order valence-corrected chi connectivity index (χ4v) is 3.85. The first-order valence-electron chi connectivity index (χ1n) is 10.9. The van der Waals surface area contributed by atoms with E-state index in [0.29, 0.717) is 6.61 Å². The summed E-state index contributed by atoms with van der Waals surface area (Å²) in [6, 6.07) is 41.2. The van der Waals surface area contributed by atoms with Gasteiger partial charge in [-0.15, -0.1) is 0 Å². The van der Waals surface area contributed by atoms with E-state index < -0.39 is 0 Å². The Balaban J connectivity index is 1.49. The van der Waals surface area contributed by atoms with E-state index in [1.807, 2.05) is 48.5 Å². The molecule has 5 aromatic carbocycles. The summed E-state index contributed by atoms with van der Waals surface area (Å²) in [6.07, 6.45) is 0.855. The molecule has 0 fully saturated rings. The first kappa shape index (κ1) is 19.9. The maximum absolute atomic E-state index is 6.27. The average Bonchev–Trinajstić information content (AvgIpc) is 2.85. The van der Waals surface area contributed by atoms with Crippen LogP contribution in [0.15, 0.2) is 121 Å². The van der Waals surface area contributed by atoms with Gasteiger partial charge in [0.2, 0.25) is 0 Å². The summed E-state index contributed by atoms with van der Waals surface area (Å²) >= 11 is 0. The quantitative estimate of drug-likeness (QED) is 0.268. The van der Waals surface area contributed by atoms with Gasteiger partial charge in [-0.3, -0.25) is 0 Å². The van der Waals surface area contributed by atoms with Crippen LogP contribution in [0.1, 0.15) is 5.56 Å². The van der Waals surface area contributed by atoms with Crippen molar-refractivity contribution in [3.05, 3.63) is 127 Å². The lowest BCUT2D eigenvalue weighted by atomic mass is 10.0. The van der Waals surface area contributed by atoms with Crippen LogP contribution in [0.4, 0.5) is 0 Å². The van der Waals surface area contributed by atoms with Gasteiger partial charge in [-0.2, -0.15) is 0 Å². The van der Waals surface area contributed by atoms with Crippen LogP contribution >= 0.6 is 0 Å². The van der Waals surface area contributed by atoms with Gasteiger partial charge in [-0.05, 0) is 46.3 Å². The van der Waals surface area contributed by atoms with E-state index in [1.54, 1.807) is 0 Å². The second-order valence-corrected chi connectivity index (χ2v) is 7.72. The molecule has 0 aliphatic carbocycles. The van der Waals surface area contributed by atoms with Crippen molar-refractivity contribution in [3.63, 3.8) is 0 Å². The van der Waals surface area contributed by atoms with Crippen LogP contribution in [0.3, 0.4) is 0 Å². The fourth-order valence-electron chi connectivity index (χ4n) is 3.85. The van der Waals surface area contributed by atoms with Gasteiger partial charge in [0.15, 0.2) is 0 Å². The van der Waals surface area contributed by atoms with Crippen LogP contribution in [-0.4, -0.2) is 6.61 Å². The number of rotatable bonds is 7. The molecule has 0 saturated carbocycles. The lowest BCUT2D eigenvalue weighted by molar-refractivity contribution is 0.324. The molecule has 0 aromatic heterocycles. The van der Waals surface area contributed by atoms with Crippen molar-refractivity contribution in [2.45, 2.75) is 6.42 Å². The fraction of sp³-hybridized carbons (Fsp3) is 0.0667. The van der Waals surface area contributed by atoms with Crippen molar-refractivity contribution >= 4 is 10.8 Å². The first-order chi connectivity index (χ1) is 15.8. The number of benzene rings is 5. The summed E-state index contributed by atoms with van der Waals surface area (Å²) in [5.41, 5.74) is 3.63. The summed E-state index contributed by atoms with van der Waals surface area (Å²) in [5, 5.41) is 2.17. The van der Waals surface area contributed by atoms with Gasteiger partial charge in [-0.25, -0.2) is 0 Å². The summed E-state index contributed by atoms with van der Waals surface area (Å²) in [7, 11) is 0. The summed E-state index contributed by atoms with van der Waals surface area (Å²) in [5.74, 6) is 2.41. The third kappa shape index (κ3) is 4.65. The van der Waals surface area contributed by atoms with Crippen molar-refractivity contribution in [2.75, 3.05) is 6.61 Å². The molecule has 0 saturated heterocycles. The molecule has 0 bridgehead atoms. The summed E-state index contributed by atoms with van der Waals surface area (Å²) in [6.45, 7) is 0.605. The monoisotopic (exact) mass is 416 g/mol. The average molecular weight is 417 g/mol. The van der Waals surface area contributed by atoms with Gasteiger partial charge in [-0.1, -0.05) is 91.0 Å². The molecular formula is C30H24O2. The van der Waals surface area contributed by atoms with Gasteiger partial charge < -0.3 is 9.47 Å². The van der Waals surface area contributed by atoms with E-state index >= 15 is 0 Å². The highest BCUT2D eigenvalue weighted by molar-refractivity contribution is 5.93. The molecule has 0 amide bonds. The molecule has 0 aliphatic heterocycles. The minimum Gasteiger partial charge on any atom is -0.492 e. The topological polar surface area (TPSA) is 18.5 Å². The Morgan fingerprint density at radius 1 is 0.531 bits per heavy atom. The van der Waals surface area contributed by atoms with E-state index in [2.05, 4.69) is 72.8 Å². The molecule has 0 spiro atoms. The highest BCUT2D eigenvalue weighted by Gasteiger charge is 2.10. The van der Waals surface area contributed by atoms with Crippen molar-refractivity contribution in [2.24, 2.45) is 0 Å². The van der Waals surface area contributed by atoms with Crippen LogP contribution in [0.2, 0.25) is 0 Å². The second-order valence-electron chi connectivity index (χ2n) is 7.72. The third-order valence-electron chi connectivity index (χ3n) is 5.47. The molecule has 2 heteroatoms. The van der Waals surface area contributed by atoms with Crippen molar-refractivity contribution in [3.8, 4) is 28.4 Å². The van der Waals surface area contributed by atoms with Crippen LogP contribution in [0, 0.1) is 0 Å². The predicted octanol–water partition coefficient (Wildman–Crippen LogP) is 7.92. The molecule has 0 unspecified atom stereocenters. The lowest BCUT2D eigenvalue weighted by Gasteiger charge is -2.14. The third-order valence-corrected chi connectivity index (χ3v) is 5.47. The maximum atomic E-state index is 6.27. The molecule has 5 aromatic rings. The Hall–Kier alpha value is -4.04. The van der Waals surface area contributed by atoms with Gasteiger partial charge in [0.25, 0.3) is 0 Å². The second kappa shape index (κ2) is 9.40.